The number of nitrogens with one attached hydrogen (secondary N) is 1. The second kappa shape index (κ2) is 2.36. The molecule has 3 nitrogen and oxygen atoms in total. The molecule has 3 N–H and O–H groups in total. The molecular formula is C8H11NO2. The third-order valence-electron chi connectivity index (χ3n) is 2.17. The van der Waals surface area contributed by atoms with Gasteiger partial charge >= 0.3 is 0 Å². The van der Waals surface area contributed by atoms with Crippen LogP contribution in [0.15, 0.2) is 23.5 Å². The van der Waals surface area contributed by atoms with Crippen molar-refractivity contribution in [1.82, 2.24) is 5.32 Å². The molecule has 2 aliphatic rings. The molecule has 0 aromatic heterocycles. The summed E-state index contributed by atoms with van der Waals surface area (Å²) in [6.07, 6.45) is 4.50. The summed E-state index contributed by atoms with van der Waals surface area (Å²) >= 11 is 0. The van der Waals surface area contributed by atoms with E-state index in [1.54, 1.807) is 12.2 Å². The van der Waals surface area contributed by atoms with Gasteiger partial charge in [0, 0.05) is 12.5 Å². The number of hydrogen-bond acceptors (Lipinski definition) is 3. The minimum Gasteiger partial charge on any atom is -0.508 e. The van der Waals surface area contributed by atoms with Crippen molar-refractivity contribution in [2.75, 3.05) is 0 Å². The molecule has 2 rings (SSSR count). The summed E-state index contributed by atoms with van der Waals surface area (Å²) < 4.78 is 0. The highest BCUT2D eigenvalue weighted by Crippen LogP contribution is 2.25. The first-order valence-electron chi connectivity index (χ1n) is 3.79. The van der Waals surface area contributed by atoms with Gasteiger partial charge in [-0.25, -0.2) is 0 Å². The van der Waals surface area contributed by atoms with E-state index in [4.69, 9.17) is 5.11 Å². The highest BCUT2D eigenvalue weighted by molar-refractivity contribution is 5.30. The standard InChI is InChI=1S/C8H11NO2/c10-6-1-2-7-5(3-6)4-8(11)9-7/h1,3,7-11H,2,4H2. The minimum atomic E-state index is -0.425. The quantitative estimate of drug-likeness (QED) is 0.473. The lowest BCUT2D eigenvalue weighted by molar-refractivity contribution is 0.156. The Labute approximate surface area is 65.0 Å². The first-order chi connectivity index (χ1) is 5.25. The third-order valence-corrected chi connectivity index (χ3v) is 2.17. The van der Waals surface area contributed by atoms with Crippen LogP contribution in [-0.2, 0) is 0 Å². The monoisotopic (exact) mass is 153 g/mol. The van der Waals surface area contributed by atoms with E-state index in [0.717, 1.165) is 12.0 Å². The van der Waals surface area contributed by atoms with Crippen molar-refractivity contribution in [1.29, 1.82) is 0 Å². The number of aliphatic hydroxyl groups is 2. The average molecular weight is 153 g/mol. The zero-order valence-electron chi connectivity index (χ0n) is 6.12. The van der Waals surface area contributed by atoms with Gasteiger partial charge in [0.1, 0.15) is 12.0 Å². The molecule has 0 saturated carbocycles. The van der Waals surface area contributed by atoms with Crippen LogP contribution in [-0.4, -0.2) is 22.5 Å². The summed E-state index contributed by atoms with van der Waals surface area (Å²) in [6, 6.07) is 0.251. The van der Waals surface area contributed by atoms with Crippen LogP contribution >= 0.6 is 0 Å². The fourth-order valence-corrected chi connectivity index (χ4v) is 1.63. The Hall–Kier alpha value is -0.800. The maximum Gasteiger partial charge on any atom is 0.111 e. The van der Waals surface area contributed by atoms with E-state index in [0.29, 0.717) is 12.2 Å². The molecule has 2 unspecified atom stereocenters. The molecule has 3 heteroatoms. The van der Waals surface area contributed by atoms with Crippen LogP contribution in [0.4, 0.5) is 0 Å². The molecule has 0 radical (unpaired) electrons. The fourth-order valence-electron chi connectivity index (χ4n) is 1.63. The van der Waals surface area contributed by atoms with Gasteiger partial charge in [0.15, 0.2) is 0 Å². The second-order valence-corrected chi connectivity index (χ2v) is 3.02. The molecule has 0 aromatic carbocycles. The van der Waals surface area contributed by atoms with Gasteiger partial charge in [0.25, 0.3) is 0 Å². The molecule has 0 amide bonds. The van der Waals surface area contributed by atoms with Crippen LogP contribution in [0, 0.1) is 0 Å². The smallest absolute Gasteiger partial charge is 0.111 e. The average Bonchev–Trinajstić information content (AvgIpc) is 2.27. The van der Waals surface area contributed by atoms with Crippen LogP contribution in [0.1, 0.15) is 12.8 Å². The van der Waals surface area contributed by atoms with Crippen LogP contribution in [0.3, 0.4) is 0 Å². The molecule has 0 bridgehead atoms. The van der Waals surface area contributed by atoms with Crippen molar-refractivity contribution in [3.8, 4) is 0 Å². The van der Waals surface area contributed by atoms with Gasteiger partial charge in [-0.2, -0.15) is 0 Å². The first-order valence-corrected chi connectivity index (χ1v) is 3.79. The zero-order chi connectivity index (χ0) is 7.84. The highest BCUT2D eigenvalue weighted by Gasteiger charge is 2.27. The maximum absolute atomic E-state index is 9.19. The van der Waals surface area contributed by atoms with Crippen LogP contribution in [0.25, 0.3) is 0 Å². The largest absolute Gasteiger partial charge is 0.508 e. The Bertz CT molecular complexity index is 232. The van der Waals surface area contributed by atoms with Crippen LogP contribution in [0.5, 0.6) is 0 Å². The number of hydrogen-bond donors (Lipinski definition) is 3. The minimum absolute atomic E-state index is 0.251. The van der Waals surface area contributed by atoms with Gasteiger partial charge in [0.2, 0.25) is 0 Å². The van der Waals surface area contributed by atoms with E-state index >= 15 is 0 Å². The van der Waals surface area contributed by atoms with E-state index < -0.39 is 6.23 Å². The lowest BCUT2D eigenvalue weighted by Gasteiger charge is -2.13. The van der Waals surface area contributed by atoms with Crippen molar-refractivity contribution in [2.45, 2.75) is 25.1 Å². The SMILES string of the molecule is OC1=CCC2NC(O)CC2=C1. The van der Waals surface area contributed by atoms with Gasteiger partial charge in [-0.15, -0.1) is 0 Å². The molecule has 0 aromatic rings. The first kappa shape index (κ1) is 6.88. The van der Waals surface area contributed by atoms with Gasteiger partial charge in [-0.05, 0) is 24.1 Å². The normalized spacial score (nSPS) is 36.1. The summed E-state index contributed by atoms with van der Waals surface area (Å²) in [5.74, 6) is 0.326. The predicted octanol–water partition coefficient (Wildman–Crippen LogP) is 0.439. The molecule has 2 atom stereocenters. The molecule has 1 aliphatic carbocycles. The number of fused-ring (bicyclic) bond motifs is 1. The van der Waals surface area contributed by atoms with Crippen LogP contribution < -0.4 is 5.32 Å². The summed E-state index contributed by atoms with van der Waals surface area (Å²) in [5, 5.41) is 21.3. The topological polar surface area (TPSA) is 52.5 Å². The number of rotatable bonds is 0. The van der Waals surface area contributed by atoms with Crippen molar-refractivity contribution >= 4 is 0 Å². The Balaban J connectivity index is 2.20. The fraction of sp³-hybridized carbons (Fsp3) is 0.500. The lowest BCUT2D eigenvalue weighted by atomic mass is 9.99. The van der Waals surface area contributed by atoms with E-state index in [9.17, 15) is 5.11 Å². The lowest BCUT2D eigenvalue weighted by Crippen LogP contribution is -2.29. The van der Waals surface area contributed by atoms with Crippen molar-refractivity contribution in [3.05, 3.63) is 23.5 Å². The molecule has 1 saturated heterocycles. The Morgan fingerprint density at radius 1 is 1.55 bits per heavy atom. The Morgan fingerprint density at radius 3 is 3.18 bits per heavy atom. The molecule has 1 heterocycles. The molecule has 1 fully saturated rings. The van der Waals surface area contributed by atoms with Crippen molar-refractivity contribution in [2.24, 2.45) is 0 Å². The number of aliphatic hydroxyl groups excluding tert-OH is 2. The van der Waals surface area contributed by atoms with Gasteiger partial charge in [-0.1, -0.05) is 0 Å². The van der Waals surface area contributed by atoms with Crippen LogP contribution in [0.2, 0.25) is 0 Å². The van der Waals surface area contributed by atoms with E-state index in [1.165, 1.54) is 0 Å². The maximum atomic E-state index is 9.19. The highest BCUT2D eigenvalue weighted by atomic mass is 16.3. The predicted molar refractivity (Wildman–Crippen MR) is 41.0 cm³/mol. The van der Waals surface area contributed by atoms with Gasteiger partial charge in [0.05, 0.1) is 0 Å². The summed E-state index contributed by atoms with van der Waals surface area (Å²) in [4.78, 5) is 0. The second-order valence-electron chi connectivity index (χ2n) is 3.02. The molecule has 0 spiro atoms. The molecule has 11 heavy (non-hydrogen) atoms. The van der Waals surface area contributed by atoms with Gasteiger partial charge < -0.3 is 10.2 Å². The zero-order valence-corrected chi connectivity index (χ0v) is 6.12. The molecular weight excluding hydrogens is 142 g/mol. The number of allylic oxidation sites excluding steroid dienone is 1. The van der Waals surface area contributed by atoms with Crippen molar-refractivity contribution < 1.29 is 10.2 Å². The summed E-state index contributed by atoms with van der Waals surface area (Å²) in [6.45, 7) is 0. The molecule has 1 aliphatic heterocycles. The van der Waals surface area contributed by atoms with Gasteiger partial charge in [-0.3, -0.25) is 5.32 Å². The third kappa shape index (κ3) is 1.17. The van der Waals surface area contributed by atoms with Crippen molar-refractivity contribution in [3.63, 3.8) is 0 Å². The van der Waals surface area contributed by atoms with E-state index in [-0.39, 0.29) is 6.04 Å². The Kier molecular flexibility index (Phi) is 1.47. The summed E-state index contributed by atoms with van der Waals surface area (Å²) in [5.41, 5.74) is 1.11. The van der Waals surface area contributed by atoms with E-state index in [2.05, 4.69) is 5.32 Å². The molecule has 60 valence electrons. The summed E-state index contributed by atoms with van der Waals surface area (Å²) in [7, 11) is 0. The Morgan fingerprint density at radius 2 is 2.36 bits per heavy atom. The van der Waals surface area contributed by atoms with E-state index in [1.807, 2.05) is 0 Å².